The van der Waals surface area contributed by atoms with Crippen LogP contribution in [0, 0.1) is 11.3 Å². The van der Waals surface area contributed by atoms with E-state index < -0.39 is 0 Å². The molecule has 38 heavy (non-hydrogen) atoms. The SMILES string of the molecule is N#Cc1ccc(NC(=O)N(CCCN2CCOCC2)CC(=O)N(Cc2ccccc2)Cc2ccco2)cc1. The number of carbonyl (C=O) groups is 2. The van der Waals surface area contributed by atoms with Gasteiger partial charge in [0.1, 0.15) is 12.3 Å². The molecule has 198 valence electrons. The van der Waals surface area contributed by atoms with E-state index in [1.807, 2.05) is 36.4 Å². The first-order valence-corrected chi connectivity index (χ1v) is 12.8. The van der Waals surface area contributed by atoms with Gasteiger partial charge in [0.2, 0.25) is 5.91 Å². The maximum atomic E-state index is 13.6. The lowest BCUT2D eigenvalue weighted by molar-refractivity contribution is -0.133. The molecule has 1 N–H and O–H groups in total. The van der Waals surface area contributed by atoms with Gasteiger partial charge >= 0.3 is 6.03 Å². The molecule has 0 atom stereocenters. The van der Waals surface area contributed by atoms with Crippen LogP contribution in [-0.4, -0.2) is 72.6 Å². The molecule has 0 saturated carbocycles. The summed E-state index contributed by atoms with van der Waals surface area (Å²) in [6.07, 6.45) is 2.31. The standard InChI is InChI=1S/C29H33N5O4/c30-20-24-9-11-26(12-10-24)31-29(36)33(14-5-13-32-15-18-37-19-16-32)23-28(35)34(22-27-8-4-17-38-27)21-25-6-2-1-3-7-25/h1-4,6-12,17H,5,13-16,18-19,21-23H2,(H,31,36). The number of benzene rings is 2. The number of nitrogens with zero attached hydrogens (tertiary/aromatic N) is 4. The molecule has 2 aromatic carbocycles. The van der Waals surface area contributed by atoms with Crippen LogP contribution in [0.4, 0.5) is 10.5 Å². The number of nitrogens with one attached hydrogen (secondary N) is 1. The summed E-state index contributed by atoms with van der Waals surface area (Å²) in [5, 5.41) is 11.9. The predicted octanol–water partition coefficient (Wildman–Crippen LogP) is 3.94. The minimum absolute atomic E-state index is 0.0707. The molecule has 9 heteroatoms. The highest BCUT2D eigenvalue weighted by molar-refractivity contribution is 5.92. The van der Waals surface area contributed by atoms with Gasteiger partial charge in [-0.05, 0) is 48.4 Å². The number of anilines is 1. The molecule has 0 bridgehead atoms. The van der Waals surface area contributed by atoms with Gasteiger partial charge < -0.3 is 24.3 Å². The Hall–Kier alpha value is -4.13. The van der Waals surface area contributed by atoms with Crippen LogP contribution in [0.25, 0.3) is 0 Å². The first-order valence-electron chi connectivity index (χ1n) is 12.8. The van der Waals surface area contributed by atoms with E-state index in [0.29, 0.717) is 49.9 Å². The third-order valence-corrected chi connectivity index (χ3v) is 6.38. The van der Waals surface area contributed by atoms with Gasteiger partial charge in [0, 0.05) is 38.4 Å². The van der Waals surface area contributed by atoms with E-state index in [1.165, 1.54) is 0 Å². The van der Waals surface area contributed by atoms with E-state index in [9.17, 15) is 9.59 Å². The van der Waals surface area contributed by atoms with E-state index in [0.717, 1.165) is 31.6 Å². The molecule has 0 spiro atoms. The zero-order chi connectivity index (χ0) is 26.6. The molecular weight excluding hydrogens is 482 g/mol. The average molecular weight is 516 g/mol. The minimum atomic E-state index is -0.359. The molecule has 3 aromatic rings. The lowest BCUT2D eigenvalue weighted by Crippen LogP contribution is -2.45. The van der Waals surface area contributed by atoms with Crippen LogP contribution in [0.3, 0.4) is 0 Å². The van der Waals surface area contributed by atoms with E-state index in [-0.39, 0.29) is 18.5 Å². The van der Waals surface area contributed by atoms with E-state index >= 15 is 0 Å². The zero-order valence-electron chi connectivity index (χ0n) is 21.4. The Morgan fingerprint density at radius 2 is 1.71 bits per heavy atom. The molecule has 4 rings (SSSR count). The summed E-state index contributed by atoms with van der Waals surface area (Å²) >= 11 is 0. The quantitative estimate of drug-likeness (QED) is 0.415. The Labute approximate surface area is 223 Å². The number of furan rings is 1. The van der Waals surface area contributed by atoms with E-state index in [4.69, 9.17) is 14.4 Å². The van der Waals surface area contributed by atoms with Crippen molar-refractivity contribution in [3.63, 3.8) is 0 Å². The van der Waals surface area contributed by atoms with Crippen molar-refractivity contribution in [2.75, 3.05) is 51.3 Å². The molecule has 0 radical (unpaired) electrons. The Morgan fingerprint density at radius 1 is 0.947 bits per heavy atom. The fourth-order valence-electron chi connectivity index (χ4n) is 4.28. The topological polar surface area (TPSA) is 102 Å². The smallest absolute Gasteiger partial charge is 0.322 e. The number of amides is 3. The van der Waals surface area contributed by atoms with Crippen molar-refractivity contribution < 1.29 is 18.7 Å². The number of morpholine rings is 1. The van der Waals surface area contributed by atoms with Crippen LogP contribution >= 0.6 is 0 Å². The molecule has 1 fully saturated rings. The van der Waals surface area contributed by atoms with Crippen LogP contribution in [0.1, 0.15) is 23.3 Å². The van der Waals surface area contributed by atoms with Gasteiger partial charge in [0.05, 0.1) is 37.7 Å². The molecule has 3 amide bonds. The van der Waals surface area contributed by atoms with Crippen LogP contribution in [0.15, 0.2) is 77.4 Å². The van der Waals surface area contributed by atoms with Gasteiger partial charge in [0.25, 0.3) is 0 Å². The lowest BCUT2D eigenvalue weighted by Gasteiger charge is -2.30. The molecular formula is C29H33N5O4. The largest absolute Gasteiger partial charge is 0.467 e. The highest BCUT2D eigenvalue weighted by atomic mass is 16.5. The van der Waals surface area contributed by atoms with Crippen molar-refractivity contribution in [1.82, 2.24) is 14.7 Å². The molecule has 9 nitrogen and oxygen atoms in total. The number of hydrogen-bond acceptors (Lipinski definition) is 6. The first kappa shape index (κ1) is 26.9. The molecule has 1 saturated heterocycles. The van der Waals surface area contributed by atoms with Crippen LogP contribution in [0.5, 0.6) is 0 Å². The average Bonchev–Trinajstić information content (AvgIpc) is 3.47. The lowest BCUT2D eigenvalue weighted by atomic mass is 10.2. The fourth-order valence-corrected chi connectivity index (χ4v) is 4.28. The summed E-state index contributed by atoms with van der Waals surface area (Å²) in [5.74, 6) is 0.502. The Morgan fingerprint density at radius 3 is 2.39 bits per heavy atom. The van der Waals surface area contributed by atoms with Gasteiger partial charge in [-0.1, -0.05) is 30.3 Å². The van der Waals surface area contributed by atoms with Crippen molar-refractivity contribution in [3.8, 4) is 6.07 Å². The summed E-state index contributed by atoms with van der Waals surface area (Å²) in [4.78, 5) is 32.5. The Kier molecular flexibility index (Phi) is 9.90. The zero-order valence-corrected chi connectivity index (χ0v) is 21.4. The number of hydrogen-bond donors (Lipinski definition) is 1. The summed E-state index contributed by atoms with van der Waals surface area (Å²) in [7, 11) is 0. The number of ether oxygens (including phenoxy) is 1. The molecule has 1 aromatic heterocycles. The number of nitriles is 1. The summed E-state index contributed by atoms with van der Waals surface area (Å²) < 4.78 is 10.9. The monoisotopic (exact) mass is 515 g/mol. The van der Waals surface area contributed by atoms with Crippen molar-refractivity contribution in [2.45, 2.75) is 19.5 Å². The summed E-state index contributed by atoms with van der Waals surface area (Å²) in [5.41, 5.74) is 2.07. The molecule has 1 aliphatic heterocycles. The third-order valence-electron chi connectivity index (χ3n) is 6.38. The fraction of sp³-hybridized carbons (Fsp3) is 0.345. The maximum absolute atomic E-state index is 13.6. The summed E-state index contributed by atoms with van der Waals surface area (Å²) in [6, 6.07) is 21.8. The second kappa shape index (κ2) is 14.0. The maximum Gasteiger partial charge on any atom is 0.322 e. The minimum Gasteiger partial charge on any atom is -0.467 e. The van der Waals surface area contributed by atoms with Gasteiger partial charge in [-0.2, -0.15) is 5.26 Å². The highest BCUT2D eigenvalue weighted by Crippen LogP contribution is 2.14. The van der Waals surface area contributed by atoms with Crippen LogP contribution in [0.2, 0.25) is 0 Å². The number of carbonyl (C=O) groups excluding carboxylic acids is 2. The van der Waals surface area contributed by atoms with Crippen molar-refractivity contribution >= 4 is 17.6 Å². The van der Waals surface area contributed by atoms with E-state index in [2.05, 4.69) is 16.3 Å². The normalized spacial score (nSPS) is 13.4. The highest BCUT2D eigenvalue weighted by Gasteiger charge is 2.23. The van der Waals surface area contributed by atoms with Crippen LogP contribution in [-0.2, 0) is 22.6 Å². The molecule has 0 aliphatic carbocycles. The van der Waals surface area contributed by atoms with Gasteiger partial charge in [-0.3, -0.25) is 9.69 Å². The third kappa shape index (κ3) is 8.20. The Balaban J connectivity index is 1.45. The van der Waals surface area contributed by atoms with Gasteiger partial charge in [-0.25, -0.2) is 4.79 Å². The van der Waals surface area contributed by atoms with Crippen molar-refractivity contribution in [3.05, 3.63) is 89.9 Å². The molecule has 1 aliphatic rings. The second-order valence-electron chi connectivity index (χ2n) is 9.16. The first-order chi connectivity index (χ1) is 18.6. The van der Waals surface area contributed by atoms with Gasteiger partial charge in [0.15, 0.2) is 0 Å². The predicted molar refractivity (Wildman–Crippen MR) is 143 cm³/mol. The van der Waals surface area contributed by atoms with E-state index in [1.54, 1.807) is 46.4 Å². The van der Waals surface area contributed by atoms with Crippen molar-refractivity contribution in [1.29, 1.82) is 5.26 Å². The number of urea groups is 1. The molecule has 2 heterocycles. The molecule has 0 unspecified atom stereocenters. The summed E-state index contributed by atoms with van der Waals surface area (Å²) in [6.45, 7) is 5.03. The van der Waals surface area contributed by atoms with Crippen LogP contribution < -0.4 is 5.32 Å². The Bertz CT molecular complexity index is 1190. The second-order valence-corrected chi connectivity index (χ2v) is 9.16. The van der Waals surface area contributed by atoms with Crippen molar-refractivity contribution in [2.24, 2.45) is 0 Å². The number of rotatable bonds is 11. The van der Waals surface area contributed by atoms with Gasteiger partial charge in [-0.15, -0.1) is 0 Å².